The Kier molecular flexibility index (Phi) is 6.07. The van der Waals surface area contributed by atoms with Crippen molar-refractivity contribution >= 4 is 45.9 Å². The first-order valence-corrected chi connectivity index (χ1v) is 10.9. The zero-order chi connectivity index (χ0) is 20.2. The number of piperazine rings is 1. The van der Waals surface area contributed by atoms with Gasteiger partial charge in [0.25, 0.3) is 5.91 Å². The van der Waals surface area contributed by atoms with Crippen molar-refractivity contribution < 1.29 is 9.59 Å². The second-order valence-electron chi connectivity index (χ2n) is 6.98. The third-order valence-corrected chi connectivity index (χ3v) is 6.32. The van der Waals surface area contributed by atoms with Gasteiger partial charge in [0, 0.05) is 41.7 Å². The van der Waals surface area contributed by atoms with E-state index in [1.807, 2.05) is 17.0 Å². The lowest BCUT2D eigenvalue weighted by Crippen LogP contribution is -2.51. The molecule has 1 saturated heterocycles. The number of halogens is 1. The van der Waals surface area contributed by atoms with E-state index in [4.69, 9.17) is 11.6 Å². The SMILES string of the molecule is O=C(CSc1ccc2ccccc2c1)N1CCN(C(=O)c2ccc(Cl)cc2)CC1. The van der Waals surface area contributed by atoms with E-state index >= 15 is 0 Å². The van der Waals surface area contributed by atoms with E-state index < -0.39 is 0 Å². The number of carbonyl (C=O) groups excluding carboxylic acids is 2. The minimum atomic E-state index is -0.0145. The fourth-order valence-electron chi connectivity index (χ4n) is 3.43. The monoisotopic (exact) mass is 424 g/mol. The van der Waals surface area contributed by atoms with Crippen molar-refractivity contribution in [2.45, 2.75) is 4.90 Å². The molecular formula is C23H21ClN2O2S. The molecule has 0 unspecified atom stereocenters. The van der Waals surface area contributed by atoms with Crippen LogP contribution in [0.1, 0.15) is 10.4 Å². The van der Waals surface area contributed by atoms with Crippen molar-refractivity contribution in [2.24, 2.45) is 0 Å². The molecule has 0 saturated carbocycles. The first kappa shape index (κ1) is 19.8. The minimum Gasteiger partial charge on any atom is -0.338 e. The molecule has 1 fully saturated rings. The van der Waals surface area contributed by atoms with Crippen LogP contribution in [0.3, 0.4) is 0 Å². The number of hydrogen-bond acceptors (Lipinski definition) is 3. The summed E-state index contributed by atoms with van der Waals surface area (Å²) in [6.07, 6.45) is 0. The summed E-state index contributed by atoms with van der Waals surface area (Å²) in [5, 5.41) is 2.99. The largest absolute Gasteiger partial charge is 0.338 e. The highest BCUT2D eigenvalue weighted by molar-refractivity contribution is 8.00. The molecule has 6 heteroatoms. The van der Waals surface area contributed by atoms with Crippen LogP contribution in [-0.4, -0.2) is 53.5 Å². The van der Waals surface area contributed by atoms with E-state index in [-0.39, 0.29) is 11.8 Å². The number of benzene rings is 3. The third kappa shape index (κ3) is 4.74. The molecule has 148 valence electrons. The lowest BCUT2D eigenvalue weighted by Gasteiger charge is -2.34. The van der Waals surface area contributed by atoms with Gasteiger partial charge in [0.15, 0.2) is 0 Å². The number of nitrogens with zero attached hydrogens (tertiary/aromatic N) is 2. The topological polar surface area (TPSA) is 40.6 Å². The standard InChI is InChI=1S/C23H21ClN2O2S/c24-20-8-5-18(6-9-20)23(28)26-13-11-25(12-14-26)22(27)16-29-21-10-7-17-3-1-2-4-19(17)15-21/h1-10,15H,11-14,16H2. The maximum atomic E-state index is 12.6. The molecule has 0 atom stereocenters. The predicted molar refractivity (Wildman–Crippen MR) is 119 cm³/mol. The Bertz CT molecular complexity index is 1030. The quantitative estimate of drug-likeness (QED) is 0.576. The normalized spacial score (nSPS) is 14.2. The number of hydrogen-bond donors (Lipinski definition) is 0. The van der Waals surface area contributed by atoms with Crippen LogP contribution in [0, 0.1) is 0 Å². The highest BCUT2D eigenvalue weighted by Gasteiger charge is 2.24. The molecule has 3 aromatic carbocycles. The highest BCUT2D eigenvalue weighted by atomic mass is 35.5. The molecule has 1 aliphatic rings. The van der Waals surface area contributed by atoms with Crippen LogP contribution < -0.4 is 0 Å². The highest BCUT2D eigenvalue weighted by Crippen LogP contribution is 2.24. The van der Waals surface area contributed by atoms with Crippen LogP contribution in [0.2, 0.25) is 5.02 Å². The Hall–Kier alpha value is -2.50. The molecule has 2 amide bonds. The van der Waals surface area contributed by atoms with Crippen LogP contribution >= 0.6 is 23.4 Å². The molecule has 0 aromatic heterocycles. The van der Waals surface area contributed by atoms with Crippen molar-refractivity contribution in [3.63, 3.8) is 0 Å². The number of amides is 2. The summed E-state index contributed by atoms with van der Waals surface area (Å²) in [6.45, 7) is 2.23. The van der Waals surface area contributed by atoms with E-state index in [9.17, 15) is 9.59 Å². The first-order chi connectivity index (χ1) is 14.1. The molecule has 0 bridgehead atoms. The lowest BCUT2D eigenvalue weighted by atomic mass is 10.1. The van der Waals surface area contributed by atoms with Crippen LogP contribution in [0.4, 0.5) is 0 Å². The maximum absolute atomic E-state index is 12.6. The molecule has 4 rings (SSSR count). The fraction of sp³-hybridized carbons (Fsp3) is 0.217. The van der Waals surface area contributed by atoms with Gasteiger partial charge in [0.05, 0.1) is 5.75 Å². The molecule has 1 heterocycles. The van der Waals surface area contributed by atoms with Gasteiger partial charge in [-0.05, 0) is 47.2 Å². The van der Waals surface area contributed by atoms with Gasteiger partial charge < -0.3 is 9.80 Å². The van der Waals surface area contributed by atoms with Crippen LogP contribution in [-0.2, 0) is 4.79 Å². The first-order valence-electron chi connectivity index (χ1n) is 9.54. The number of carbonyl (C=O) groups is 2. The van der Waals surface area contributed by atoms with Gasteiger partial charge in [-0.1, -0.05) is 41.9 Å². The average Bonchev–Trinajstić information content (AvgIpc) is 2.77. The minimum absolute atomic E-state index is 0.0145. The lowest BCUT2D eigenvalue weighted by molar-refractivity contribution is -0.129. The molecule has 29 heavy (non-hydrogen) atoms. The van der Waals surface area contributed by atoms with Gasteiger partial charge >= 0.3 is 0 Å². The van der Waals surface area contributed by atoms with E-state index in [1.54, 1.807) is 40.9 Å². The maximum Gasteiger partial charge on any atom is 0.253 e. The summed E-state index contributed by atoms with van der Waals surface area (Å²) in [4.78, 5) is 29.9. The Labute approximate surface area is 179 Å². The Balaban J connectivity index is 1.29. The van der Waals surface area contributed by atoms with Gasteiger partial charge in [-0.2, -0.15) is 0 Å². The average molecular weight is 425 g/mol. The van der Waals surface area contributed by atoms with Gasteiger partial charge in [-0.25, -0.2) is 0 Å². The zero-order valence-electron chi connectivity index (χ0n) is 15.9. The molecule has 4 nitrogen and oxygen atoms in total. The molecule has 1 aliphatic heterocycles. The van der Waals surface area contributed by atoms with Gasteiger partial charge in [0.2, 0.25) is 5.91 Å². The third-order valence-electron chi connectivity index (χ3n) is 5.09. The summed E-state index contributed by atoms with van der Waals surface area (Å²) in [7, 11) is 0. The second kappa shape index (κ2) is 8.89. The summed E-state index contributed by atoms with van der Waals surface area (Å²) in [5.74, 6) is 0.504. The fourth-order valence-corrected chi connectivity index (χ4v) is 4.40. The van der Waals surface area contributed by atoms with Gasteiger partial charge in [-0.15, -0.1) is 11.8 Å². The van der Waals surface area contributed by atoms with Crippen molar-refractivity contribution in [1.29, 1.82) is 0 Å². The van der Waals surface area contributed by atoms with Crippen molar-refractivity contribution in [3.8, 4) is 0 Å². The van der Waals surface area contributed by atoms with Crippen LogP contribution in [0.5, 0.6) is 0 Å². The molecular weight excluding hydrogens is 404 g/mol. The number of rotatable bonds is 4. The molecule has 0 radical (unpaired) electrons. The van der Waals surface area contributed by atoms with E-state index in [2.05, 4.69) is 30.3 Å². The van der Waals surface area contributed by atoms with Crippen molar-refractivity contribution in [1.82, 2.24) is 9.80 Å². The zero-order valence-corrected chi connectivity index (χ0v) is 17.5. The summed E-state index contributed by atoms with van der Waals surface area (Å²) < 4.78 is 0. The summed E-state index contributed by atoms with van der Waals surface area (Å²) in [5.41, 5.74) is 0.626. The summed E-state index contributed by atoms with van der Waals surface area (Å²) in [6, 6.07) is 21.4. The van der Waals surface area contributed by atoms with Crippen LogP contribution in [0.15, 0.2) is 71.6 Å². The number of fused-ring (bicyclic) bond motifs is 1. The Morgan fingerprint density at radius 2 is 1.48 bits per heavy atom. The van der Waals surface area contributed by atoms with Crippen LogP contribution in [0.25, 0.3) is 10.8 Å². The molecule has 0 aliphatic carbocycles. The number of thioether (sulfide) groups is 1. The molecule has 0 N–H and O–H groups in total. The summed E-state index contributed by atoms with van der Waals surface area (Å²) >= 11 is 7.45. The smallest absolute Gasteiger partial charge is 0.253 e. The van der Waals surface area contributed by atoms with E-state index in [0.29, 0.717) is 42.5 Å². The Morgan fingerprint density at radius 3 is 2.21 bits per heavy atom. The Morgan fingerprint density at radius 1 is 0.828 bits per heavy atom. The predicted octanol–water partition coefficient (Wildman–Crippen LogP) is 4.57. The van der Waals surface area contributed by atoms with Crippen molar-refractivity contribution in [3.05, 3.63) is 77.3 Å². The van der Waals surface area contributed by atoms with Crippen molar-refractivity contribution in [2.75, 3.05) is 31.9 Å². The van der Waals surface area contributed by atoms with Gasteiger partial charge in [0.1, 0.15) is 0 Å². The second-order valence-corrected chi connectivity index (χ2v) is 8.46. The van der Waals surface area contributed by atoms with E-state index in [0.717, 1.165) is 4.90 Å². The van der Waals surface area contributed by atoms with Gasteiger partial charge in [-0.3, -0.25) is 9.59 Å². The molecule has 0 spiro atoms. The molecule has 3 aromatic rings. The van der Waals surface area contributed by atoms with E-state index in [1.165, 1.54) is 10.8 Å².